The first kappa shape index (κ1) is 14.1. The Bertz CT molecular complexity index is 558. The molecule has 0 radical (unpaired) electrons. The summed E-state index contributed by atoms with van der Waals surface area (Å²) in [5.74, 6) is 1.49. The van der Waals surface area contributed by atoms with Crippen LogP contribution in [0.15, 0.2) is 46.9 Å². The molecule has 0 bridgehead atoms. The zero-order chi connectivity index (χ0) is 13.7. The Morgan fingerprint density at radius 1 is 1.16 bits per heavy atom. The first-order valence-electron chi connectivity index (χ1n) is 6.03. The predicted molar refractivity (Wildman–Crippen MR) is 79.3 cm³/mol. The molecule has 0 heterocycles. The third-order valence-corrected chi connectivity index (χ3v) is 3.45. The third-order valence-electron chi connectivity index (χ3n) is 2.71. The average molecular weight is 322 g/mol. The maximum atomic E-state index is 9.10. The SMILES string of the molecule is CNCc1ccc(Oc2cccc(CO)c2)cc1Br. The van der Waals surface area contributed by atoms with Crippen molar-refractivity contribution >= 4 is 15.9 Å². The Labute approximate surface area is 121 Å². The van der Waals surface area contributed by atoms with Crippen LogP contribution in [0, 0.1) is 0 Å². The zero-order valence-electron chi connectivity index (χ0n) is 10.7. The van der Waals surface area contributed by atoms with Crippen molar-refractivity contribution in [3.63, 3.8) is 0 Å². The number of hydrogen-bond acceptors (Lipinski definition) is 3. The molecule has 4 heteroatoms. The van der Waals surface area contributed by atoms with Crippen LogP contribution in [0.2, 0.25) is 0 Å². The second-order valence-electron chi connectivity index (χ2n) is 4.19. The number of aliphatic hydroxyl groups excluding tert-OH is 1. The van der Waals surface area contributed by atoms with E-state index in [9.17, 15) is 0 Å². The molecule has 2 aromatic rings. The Morgan fingerprint density at radius 3 is 2.63 bits per heavy atom. The molecular weight excluding hydrogens is 306 g/mol. The average Bonchev–Trinajstić information content (AvgIpc) is 2.42. The number of aliphatic hydroxyl groups is 1. The second kappa shape index (κ2) is 6.70. The number of hydrogen-bond donors (Lipinski definition) is 2. The van der Waals surface area contributed by atoms with Crippen molar-refractivity contribution in [3.8, 4) is 11.5 Å². The van der Waals surface area contributed by atoms with Crippen LogP contribution in [-0.4, -0.2) is 12.2 Å². The number of rotatable bonds is 5. The van der Waals surface area contributed by atoms with E-state index in [0.29, 0.717) is 0 Å². The van der Waals surface area contributed by atoms with Crippen LogP contribution in [0.4, 0.5) is 0 Å². The lowest BCUT2D eigenvalue weighted by Crippen LogP contribution is -2.05. The highest BCUT2D eigenvalue weighted by atomic mass is 79.9. The summed E-state index contributed by atoms with van der Waals surface area (Å²) in [6.45, 7) is 0.822. The van der Waals surface area contributed by atoms with Gasteiger partial charge in [0.1, 0.15) is 11.5 Å². The van der Waals surface area contributed by atoms with E-state index in [2.05, 4.69) is 21.2 Å². The van der Waals surface area contributed by atoms with Gasteiger partial charge in [0, 0.05) is 11.0 Å². The molecule has 2 rings (SSSR count). The predicted octanol–water partition coefficient (Wildman–Crippen LogP) is 3.45. The number of ether oxygens (including phenoxy) is 1. The third kappa shape index (κ3) is 3.80. The quantitative estimate of drug-likeness (QED) is 0.886. The van der Waals surface area contributed by atoms with Gasteiger partial charge in [0.2, 0.25) is 0 Å². The molecule has 0 aliphatic carbocycles. The van der Waals surface area contributed by atoms with E-state index in [4.69, 9.17) is 9.84 Å². The lowest BCUT2D eigenvalue weighted by molar-refractivity contribution is 0.281. The Hall–Kier alpha value is -1.36. The summed E-state index contributed by atoms with van der Waals surface area (Å²) < 4.78 is 6.79. The Balaban J connectivity index is 2.16. The highest BCUT2D eigenvalue weighted by molar-refractivity contribution is 9.10. The van der Waals surface area contributed by atoms with Crippen molar-refractivity contribution < 1.29 is 9.84 Å². The molecule has 0 aromatic heterocycles. The van der Waals surface area contributed by atoms with Crippen LogP contribution < -0.4 is 10.1 Å². The van der Waals surface area contributed by atoms with E-state index in [-0.39, 0.29) is 6.61 Å². The summed E-state index contributed by atoms with van der Waals surface area (Å²) in [5, 5.41) is 12.2. The van der Waals surface area contributed by atoms with Crippen LogP contribution >= 0.6 is 15.9 Å². The van der Waals surface area contributed by atoms with Crippen molar-refractivity contribution in [2.24, 2.45) is 0 Å². The first-order chi connectivity index (χ1) is 9.22. The normalized spacial score (nSPS) is 10.5. The van der Waals surface area contributed by atoms with Gasteiger partial charge in [-0.15, -0.1) is 0 Å². The van der Waals surface area contributed by atoms with E-state index in [1.807, 2.05) is 49.5 Å². The molecular formula is C15H16BrNO2. The molecule has 0 unspecified atom stereocenters. The molecule has 2 aromatic carbocycles. The fourth-order valence-corrected chi connectivity index (χ4v) is 2.27. The van der Waals surface area contributed by atoms with Gasteiger partial charge in [-0.25, -0.2) is 0 Å². The van der Waals surface area contributed by atoms with Crippen molar-refractivity contribution in [1.82, 2.24) is 5.32 Å². The molecule has 0 spiro atoms. The molecule has 0 atom stereocenters. The van der Waals surface area contributed by atoms with Crippen molar-refractivity contribution in [1.29, 1.82) is 0 Å². The van der Waals surface area contributed by atoms with Crippen molar-refractivity contribution in [2.75, 3.05) is 7.05 Å². The van der Waals surface area contributed by atoms with E-state index in [1.165, 1.54) is 5.56 Å². The van der Waals surface area contributed by atoms with E-state index >= 15 is 0 Å². The van der Waals surface area contributed by atoms with Gasteiger partial charge in [0.15, 0.2) is 0 Å². The molecule has 0 aliphatic heterocycles. The van der Waals surface area contributed by atoms with Gasteiger partial charge < -0.3 is 15.2 Å². The maximum absolute atomic E-state index is 9.10. The van der Waals surface area contributed by atoms with Crippen molar-refractivity contribution in [2.45, 2.75) is 13.2 Å². The summed E-state index contributed by atoms with van der Waals surface area (Å²) in [6, 6.07) is 13.3. The fraction of sp³-hybridized carbons (Fsp3) is 0.200. The smallest absolute Gasteiger partial charge is 0.128 e. The van der Waals surface area contributed by atoms with Gasteiger partial charge in [0.25, 0.3) is 0 Å². The van der Waals surface area contributed by atoms with Crippen LogP contribution in [0.5, 0.6) is 11.5 Å². The van der Waals surface area contributed by atoms with Gasteiger partial charge in [-0.05, 0) is 42.4 Å². The molecule has 0 amide bonds. The van der Waals surface area contributed by atoms with E-state index < -0.39 is 0 Å². The highest BCUT2D eigenvalue weighted by Crippen LogP contribution is 2.27. The minimum atomic E-state index is 0.0159. The van der Waals surface area contributed by atoms with E-state index in [1.54, 1.807) is 0 Å². The van der Waals surface area contributed by atoms with Crippen LogP contribution in [0.1, 0.15) is 11.1 Å². The molecule has 100 valence electrons. The topological polar surface area (TPSA) is 41.5 Å². The largest absolute Gasteiger partial charge is 0.457 e. The molecule has 0 saturated heterocycles. The summed E-state index contributed by atoms with van der Waals surface area (Å²) in [4.78, 5) is 0. The monoisotopic (exact) mass is 321 g/mol. The van der Waals surface area contributed by atoms with E-state index in [0.717, 1.165) is 28.1 Å². The van der Waals surface area contributed by atoms with Crippen LogP contribution in [0.3, 0.4) is 0 Å². The highest BCUT2D eigenvalue weighted by Gasteiger charge is 2.03. The summed E-state index contributed by atoms with van der Waals surface area (Å²) in [7, 11) is 1.91. The lowest BCUT2D eigenvalue weighted by Gasteiger charge is -2.09. The number of halogens is 1. The van der Waals surface area contributed by atoms with Gasteiger partial charge in [-0.3, -0.25) is 0 Å². The molecule has 0 aliphatic rings. The number of nitrogens with one attached hydrogen (secondary N) is 1. The fourth-order valence-electron chi connectivity index (χ4n) is 1.77. The summed E-state index contributed by atoms with van der Waals surface area (Å²) >= 11 is 3.53. The Kier molecular flexibility index (Phi) is 4.96. The molecule has 19 heavy (non-hydrogen) atoms. The zero-order valence-corrected chi connectivity index (χ0v) is 12.3. The Morgan fingerprint density at radius 2 is 1.95 bits per heavy atom. The minimum absolute atomic E-state index is 0.0159. The second-order valence-corrected chi connectivity index (χ2v) is 5.05. The van der Waals surface area contributed by atoms with Gasteiger partial charge in [-0.1, -0.05) is 34.1 Å². The van der Waals surface area contributed by atoms with Crippen molar-refractivity contribution in [3.05, 3.63) is 58.1 Å². The number of benzene rings is 2. The van der Waals surface area contributed by atoms with Gasteiger partial charge >= 0.3 is 0 Å². The summed E-state index contributed by atoms with van der Waals surface area (Å²) in [5.41, 5.74) is 2.02. The molecule has 0 fully saturated rings. The molecule has 3 nitrogen and oxygen atoms in total. The van der Waals surface area contributed by atoms with Gasteiger partial charge in [-0.2, -0.15) is 0 Å². The first-order valence-corrected chi connectivity index (χ1v) is 6.83. The minimum Gasteiger partial charge on any atom is -0.457 e. The van der Waals surface area contributed by atoms with Crippen LogP contribution in [0.25, 0.3) is 0 Å². The maximum Gasteiger partial charge on any atom is 0.128 e. The van der Waals surface area contributed by atoms with Gasteiger partial charge in [0.05, 0.1) is 6.61 Å². The summed E-state index contributed by atoms with van der Waals surface area (Å²) in [6.07, 6.45) is 0. The molecule has 2 N–H and O–H groups in total. The lowest BCUT2D eigenvalue weighted by atomic mass is 10.2. The van der Waals surface area contributed by atoms with Crippen LogP contribution in [-0.2, 0) is 13.2 Å². The standard InChI is InChI=1S/C15H16BrNO2/c1-17-9-12-5-6-14(8-15(12)16)19-13-4-2-3-11(7-13)10-18/h2-8,17-18H,9-10H2,1H3. The molecule has 0 saturated carbocycles.